The van der Waals surface area contributed by atoms with Crippen LogP contribution in [0.5, 0.6) is 0 Å². The molecule has 1 fully saturated rings. The highest BCUT2D eigenvalue weighted by molar-refractivity contribution is 5.77. The second kappa shape index (κ2) is 6.58. The Balaban J connectivity index is 1.78. The fourth-order valence-corrected chi connectivity index (χ4v) is 3.27. The summed E-state index contributed by atoms with van der Waals surface area (Å²) in [6.07, 6.45) is -2.27. The fourth-order valence-electron chi connectivity index (χ4n) is 3.27. The Morgan fingerprint density at radius 3 is 2.43 bits per heavy atom. The average Bonchev–Trinajstić information content (AvgIpc) is 3.07. The van der Waals surface area contributed by atoms with E-state index in [-0.39, 0.29) is 12.2 Å². The lowest BCUT2D eigenvalue weighted by Crippen LogP contribution is -2.42. The molecule has 144 valence electrons. The van der Waals surface area contributed by atoms with Crippen LogP contribution < -0.4 is 0 Å². The molecule has 0 unspecified atom stereocenters. The number of nitrogens with zero attached hydrogens (tertiary/aromatic N) is 4. The van der Waals surface area contributed by atoms with E-state index in [0.29, 0.717) is 28.0 Å². The number of alkyl halides is 3. The van der Waals surface area contributed by atoms with Gasteiger partial charge >= 0.3 is 6.18 Å². The molecule has 4 rings (SSSR count). The number of fused-ring (bicyclic) bond motifs is 1. The predicted octanol–water partition coefficient (Wildman–Crippen LogP) is 4.11. The molecule has 28 heavy (non-hydrogen) atoms. The van der Waals surface area contributed by atoms with Crippen molar-refractivity contribution in [2.75, 3.05) is 0 Å². The largest absolute Gasteiger partial charge is 0.416 e. The van der Waals surface area contributed by atoms with E-state index in [1.165, 1.54) is 29.0 Å². The summed E-state index contributed by atoms with van der Waals surface area (Å²) < 4.78 is 51.0. The van der Waals surface area contributed by atoms with E-state index in [0.717, 1.165) is 12.1 Å². The number of hydrogen-bond acceptors (Lipinski definition) is 5. The molecule has 3 heterocycles. The van der Waals surface area contributed by atoms with Crippen LogP contribution in [0.4, 0.5) is 13.2 Å². The third kappa shape index (κ3) is 3.00. The smallest absolute Gasteiger partial charge is 0.323 e. The van der Waals surface area contributed by atoms with Crippen LogP contribution in [-0.4, -0.2) is 27.2 Å². The molecule has 0 N–H and O–H groups in total. The van der Waals surface area contributed by atoms with Gasteiger partial charge in [-0.3, -0.25) is 0 Å². The third-order valence-corrected chi connectivity index (χ3v) is 4.70. The Bertz CT molecular complexity index is 1060. The van der Waals surface area contributed by atoms with E-state index < -0.39 is 18.0 Å². The van der Waals surface area contributed by atoms with Gasteiger partial charge in [-0.05, 0) is 24.6 Å². The topological polar surface area (TPSA) is 72.4 Å². The van der Waals surface area contributed by atoms with E-state index in [1.54, 1.807) is 6.92 Å². The lowest BCUT2D eigenvalue weighted by Gasteiger charge is -2.37. The van der Waals surface area contributed by atoms with Crippen molar-refractivity contribution >= 4 is 5.65 Å². The maximum Gasteiger partial charge on any atom is 0.416 e. The van der Waals surface area contributed by atoms with E-state index in [2.05, 4.69) is 16.2 Å². The molecule has 0 aliphatic carbocycles. The first-order valence-corrected chi connectivity index (χ1v) is 8.55. The van der Waals surface area contributed by atoms with Crippen LogP contribution in [0.15, 0.2) is 36.7 Å². The molecule has 0 saturated carbocycles. The molecular formula is C19H15F3N4O2. The van der Waals surface area contributed by atoms with Crippen molar-refractivity contribution in [2.45, 2.75) is 38.5 Å². The first-order chi connectivity index (χ1) is 13.3. The van der Waals surface area contributed by atoms with Crippen LogP contribution in [0, 0.1) is 11.3 Å². The Labute approximate surface area is 158 Å². The normalized spacial score (nSPS) is 20.6. The summed E-state index contributed by atoms with van der Waals surface area (Å²) in [5, 5.41) is 13.8. The lowest BCUT2D eigenvalue weighted by atomic mass is 10.0. The van der Waals surface area contributed by atoms with E-state index in [1.807, 2.05) is 6.92 Å². The van der Waals surface area contributed by atoms with Crippen molar-refractivity contribution in [2.24, 2.45) is 0 Å². The van der Waals surface area contributed by atoms with Crippen molar-refractivity contribution in [3.63, 3.8) is 0 Å². The number of halogens is 3. The summed E-state index contributed by atoms with van der Waals surface area (Å²) in [7, 11) is 0. The van der Waals surface area contributed by atoms with Gasteiger partial charge in [0.05, 0.1) is 28.9 Å². The summed E-state index contributed by atoms with van der Waals surface area (Å²) in [6, 6.07) is 6.89. The maximum atomic E-state index is 12.8. The zero-order chi connectivity index (χ0) is 20.1. The summed E-state index contributed by atoms with van der Waals surface area (Å²) >= 11 is 0. The first kappa shape index (κ1) is 18.4. The molecule has 0 bridgehead atoms. The highest BCUT2D eigenvalue weighted by Gasteiger charge is 2.36. The summed E-state index contributed by atoms with van der Waals surface area (Å²) in [6.45, 7) is 3.62. The minimum atomic E-state index is -4.40. The van der Waals surface area contributed by atoms with Gasteiger partial charge in [-0.1, -0.05) is 19.1 Å². The van der Waals surface area contributed by atoms with Gasteiger partial charge in [0.15, 0.2) is 18.2 Å². The van der Waals surface area contributed by atoms with E-state index in [4.69, 9.17) is 9.47 Å². The predicted molar refractivity (Wildman–Crippen MR) is 92.0 cm³/mol. The van der Waals surface area contributed by atoms with Crippen molar-refractivity contribution < 1.29 is 22.6 Å². The monoisotopic (exact) mass is 388 g/mol. The highest BCUT2D eigenvalue weighted by Crippen LogP contribution is 2.35. The number of aromatic nitrogens is 3. The summed E-state index contributed by atoms with van der Waals surface area (Å²) in [5.74, 6) is -0.295. The Morgan fingerprint density at radius 1 is 1.18 bits per heavy atom. The van der Waals surface area contributed by atoms with Crippen LogP contribution in [0.2, 0.25) is 0 Å². The van der Waals surface area contributed by atoms with Gasteiger partial charge < -0.3 is 9.47 Å². The van der Waals surface area contributed by atoms with Crippen LogP contribution in [-0.2, 0) is 15.7 Å². The van der Waals surface area contributed by atoms with Crippen LogP contribution >= 0.6 is 0 Å². The number of rotatable bonds is 3. The quantitative estimate of drug-likeness (QED) is 0.675. The van der Waals surface area contributed by atoms with E-state index >= 15 is 0 Å². The molecule has 1 atom stereocenters. The van der Waals surface area contributed by atoms with Crippen molar-refractivity contribution in [3.8, 4) is 17.2 Å². The van der Waals surface area contributed by atoms with Gasteiger partial charge in [0.1, 0.15) is 6.07 Å². The molecule has 1 aliphatic heterocycles. The molecule has 1 aliphatic rings. The number of ether oxygens (including phenoxy) is 2. The van der Waals surface area contributed by atoms with Gasteiger partial charge in [0.25, 0.3) is 0 Å². The second-order valence-electron chi connectivity index (χ2n) is 6.53. The van der Waals surface area contributed by atoms with Crippen molar-refractivity contribution in [1.82, 2.24) is 14.6 Å². The SMILES string of the molecule is CC1OC([C@@H](C)c2c(C#N)cnc3c(-c4ccc(C(F)(F)F)cc4)cnn23)O1. The lowest BCUT2D eigenvalue weighted by molar-refractivity contribution is -0.382. The minimum Gasteiger partial charge on any atom is -0.323 e. The molecule has 3 aromatic rings. The first-order valence-electron chi connectivity index (χ1n) is 8.55. The van der Waals surface area contributed by atoms with Crippen molar-refractivity contribution in [1.29, 1.82) is 5.26 Å². The zero-order valence-electron chi connectivity index (χ0n) is 14.9. The zero-order valence-corrected chi connectivity index (χ0v) is 14.9. The summed E-state index contributed by atoms with van der Waals surface area (Å²) in [4.78, 5) is 4.29. The molecule has 1 aromatic carbocycles. The van der Waals surface area contributed by atoms with Crippen LogP contribution in [0.3, 0.4) is 0 Å². The van der Waals surface area contributed by atoms with Crippen LogP contribution in [0.25, 0.3) is 16.8 Å². The maximum absolute atomic E-state index is 12.8. The second-order valence-corrected chi connectivity index (χ2v) is 6.53. The van der Waals surface area contributed by atoms with Crippen molar-refractivity contribution in [3.05, 3.63) is 53.5 Å². The van der Waals surface area contributed by atoms with Gasteiger partial charge in [-0.15, -0.1) is 0 Å². The highest BCUT2D eigenvalue weighted by atomic mass is 19.4. The molecular weight excluding hydrogens is 373 g/mol. The average molecular weight is 388 g/mol. The molecule has 0 radical (unpaired) electrons. The molecule has 0 amide bonds. The van der Waals surface area contributed by atoms with Gasteiger partial charge in [-0.2, -0.15) is 23.5 Å². The number of nitriles is 1. The Hall–Kier alpha value is -2.96. The molecule has 0 spiro atoms. The standard InChI is InChI=1S/C19H15F3N4O2/c1-10(18-27-11(2)28-18)16-13(7-23)8-24-17-15(9-25-26(16)17)12-3-5-14(6-4-12)19(20,21)22/h3-6,8-11,18H,1-2H3/t10-,11?,18?/m0/s1. The van der Waals surface area contributed by atoms with E-state index in [9.17, 15) is 18.4 Å². The molecule has 1 saturated heterocycles. The minimum absolute atomic E-state index is 0.295. The van der Waals surface area contributed by atoms with Gasteiger partial charge in [0.2, 0.25) is 0 Å². The van der Waals surface area contributed by atoms with Crippen LogP contribution in [0.1, 0.15) is 36.6 Å². The number of hydrogen-bond donors (Lipinski definition) is 0. The Morgan fingerprint density at radius 2 is 1.86 bits per heavy atom. The summed E-state index contributed by atoms with van der Waals surface area (Å²) in [5.41, 5.74) is 1.72. The Kier molecular flexibility index (Phi) is 4.33. The number of benzene rings is 1. The third-order valence-electron chi connectivity index (χ3n) is 4.70. The molecule has 9 heteroatoms. The molecule has 6 nitrogen and oxygen atoms in total. The fraction of sp³-hybridized carbons (Fsp3) is 0.316. The molecule has 2 aromatic heterocycles. The van der Waals surface area contributed by atoms with Gasteiger partial charge in [0, 0.05) is 11.8 Å². The van der Waals surface area contributed by atoms with Gasteiger partial charge in [-0.25, -0.2) is 9.50 Å².